The van der Waals surface area contributed by atoms with Crippen molar-refractivity contribution in [3.63, 3.8) is 0 Å². The maximum absolute atomic E-state index is 12.6. The number of amides is 1. The Morgan fingerprint density at radius 2 is 2.07 bits per heavy atom. The molecule has 4 aromatic rings. The van der Waals surface area contributed by atoms with Crippen molar-refractivity contribution in [1.82, 2.24) is 19.9 Å². The molecule has 1 N–H and O–H groups in total. The van der Waals surface area contributed by atoms with E-state index in [4.69, 9.17) is 4.98 Å². The third kappa shape index (κ3) is 3.90. The summed E-state index contributed by atoms with van der Waals surface area (Å²) in [4.78, 5) is 23.0. The molecule has 28 heavy (non-hydrogen) atoms. The van der Waals surface area contributed by atoms with Gasteiger partial charge in [-0.2, -0.15) is 0 Å². The Bertz CT molecular complexity index is 1130. The van der Waals surface area contributed by atoms with E-state index in [0.29, 0.717) is 0 Å². The molecule has 0 aliphatic heterocycles. The predicted molar refractivity (Wildman–Crippen MR) is 119 cm³/mol. The molecule has 1 amide bonds. The number of carbonyl (C=O) groups is 1. The topological polar surface area (TPSA) is 59.8 Å². The van der Waals surface area contributed by atoms with Gasteiger partial charge in [-0.25, -0.2) is 9.97 Å². The van der Waals surface area contributed by atoms with Gasteiger partial charge in [-0.15, -0.1) is 22.7 Å². The van der Waals surface area contributed by atoms with Crippen molar-refractivity contribution >= 4 is 55.5 Å². The van der Waals surface area contributed by atoms with Crippen LogP contribution in [0.15, 0.2) is 45.6 Å². The number of aromatic nitrogens is 3. The number of hydrogen-bond acceptors (Lipinski definition) is 5. The summed E-state index contributed by atoms with van der Waals surface area (Å²) in [6, 6.07) is 9.92. The Labute approximate surface area is 179 Å². The molecule has 144 valence electrons. The summed E-state index contributed by atoms with van der Waals surface area (Å²) in [5.41, 5.74) is 2.83. The molecule has 0 radical (unpaired) electrons. The van der Waals surface area contributed by atoms with Gasteiger partial charge in [0.25, 0.3) is 0 Å². The molecule has 3 aromatic heterocycles. The molecule has 0 fully saturated rings. The number of halogens is 1. The molecule has 0 spiro atoms. The summed E-state index contributed by atoms with van der Waals surface area (Å²) in [5.74, 6) is 0.825. The SMILES string of the molecule is CCn1c(C(C)NC(=O)Cc2csc(-c3cc(Br)cs3)n2)nc2ccccc21. The molecule has 1 unspecified atom stereocenters. The Kier molecular flexibility index (Phi) is 5.61. The fraction of sp³-hybridized carbons (Fsp3) is 0.250. The highest BCUT2D eigenvalue weighted by Gasteiger charge is 2.18. The number of imidazole rings is 1. The van der Waals surface area contributed by atoms with Crippen LogP contribution in [0.4, 0.5) is 0 Å². The number of para-hydroxylation sites is 2. The van der Waals surface area contributed by atoms with E-state index in [9.17, 15) is 4.79 Å². The highest BCUT2D eigenvalue weighted by atomic mass is 79.9. The molecule has 0 saturated carbocycles. The van der Waals surface area contributed by atoms with Crippen molar-refractivity contribution in [3.8, 4) is 9.88 Å². The highest BCUT2D eigenvalue weighted by Crippen LogP contribution is 2.32. The van der Waals surface area contributed by atoms with E-state index >= 15 is 0 Å². The largest absolute Gasteiger partial charge is 0.346 e. The van der Waals surface area contributed by atoms with Crippen LogP contribution in [0.2, 0.25) is 0 Å². The predicted octanol–water partition coefficient (Wildman–Crippen LogP) is 5.42. The van der Waals surface area contributed by atoms with Gasteiger partial charge in [-0.05, 0) is 48.0 Å². The van der Waals surface area contributed by atoms with E-state index in [1.807, 2.05) is 41.9 Å². The summed E-state index contributed by atoms with van der Waals surface area (Å²) in [6.07, 6.45) is 0.264. The lowest BCUT2D eigenvalue weighted by molar-refractivity contribution is -0.121. The number of nitrogens with zero attached hydrogens (tertiary/aromatic N) is 3. The Morgan fingerprint density at radius 1 is 1.25 bits per heavy atom. The standard InChI is InChI=1S/C20H19BrN4OS2/c1-3-25-16-7-5-4-6-15(16)24-19(25)12(2)22-18(26)9-14-11-28-20(23-14)17-8-13(21)10-27-17/h4-8,10-12H,3,9H2,1-2H3,(H,22,26). The van der Waals surface area contributed by atoms with Gasteiger partial charge in [0, 0.05) is 21.8 Å². The van der Waals surface area contributed by atoms with Crippen LogP contribution in [0.1, 0.15) is 31.4 Å². The van der Waals surface area contributed by atoms with Gasteiger partial charge < -0.3 is 9.88 Å². The third-order valence-electron chi connectivity index (χ3n) is 4.44. The molecule has 0 saturated heterocycles. The van der Waals surface area contributed by atoms with Gasteiger partial charge >= 0.3 is 0 Å². The first-order valence-corrected chi connectivity index (χ1v) is 11.5. The van der Waals surface area contributed by atoms with Crippen molar-refractivity contribution < 1.29 is 4.79 Å². The normalized spacial score (nSPS) is 12.4. The van der Waals surface area contributed by atoms with Gasteiger partial charge in [-0.1, -0.05) is 12.1 Å². The van der Waals surface area contributed by atoms with Gasteiger partial charge in [0.05, 0.1) is 34.1 Å². The number of thiazole rings is 1. The molecule has 5 nitrogen and oxygen atoms in total. The minimum absolute atomic E-state index is 0.0496. The van der Waals surface area contributed by atoms with Crippen LogP contribution in [0.25, 0.3) is 20.9 Å². The molecule has 1 atom stereocenters. The highest BCUT2D eigenvalue weighted by molar-refractivity contribution is 9.10. The average Bonchev–Trinajstić information content (AvgIpc) is 3.39. The van der Waals surface area contributed by atoms with Crippen LogP contribution < -0.4 is 5.32 Å². The number of thiophene rings is 1. The van der Waals surface area contributed by atoms with Crippen LogP contribution in [0, 0.1) is 0 Å². The lowest BCUT2D eigenvalue weighted by Crippen LogP contribution is -2.30. The van der Waals surface area contributed by atoms with E-state index in [1.54, 1.807) is 22.7 Å². The maximum Gasteiger partial charge on any atom is 0.226 e. The number of hydrogen-bond donors (Lipinski definition) is 1. The van der Waals surface area contributed by atoms with E-state index < -0.39 is 0 Å². The summed E-state index contributed by atoms with van der Waals surface area (Å²) in [6.45, 7) is 4.87. The van der Waals surface area contributed by atoms with Gasteiger partial charge in [0.2, 0.25) is 5.91 Å². The quantitative estimate of drug-likeness (QED) is 0.405. The third-order valence-corrected chi connectivity index (χ3v) is 7.19. The lowest BCUT2D eigenvalue weighted by atomic mass is 10.2. The second-order valence-electron chi connectivity index (χ2n) is 6.44. The van der Waals surface area contributed by atoms with Crippen molar-refractivity contribution in [2.45, 2.75) is 32.9 Å². The Hall–Kier alpha value is -2.03. The lowest BCUT2D eigenvalue weighted by Gasteiger charge is -2.15. The first-order chi connectivity index (χ1) is 13.5. The van der Waals surface area contributed by atoms with Crippen LogP contribution in [0.5, 0.6) is 0 Å². The molecule has 4 rings (SSSR count). The molecule has 0 bridgehead atoms. The first-order valence-electron chi connectivity index (χ1n) is 8.98. The second-order valence-corrected chi connectivity index (χ2v) is 9.13. The molecule has 0 aliphatic carbocycles. The Morgan fingerprint density at radius 3 is 2.82 bits per heavy atom. The van der Waals surface area contributed by atoms with E-state index in [-0.39, 0.29) is 18.4 Å². The number of aryl methyl sites for hydroxylation is 1. The molecule has 0 aliphatic rings. The number of nitrogens with one attached hydrogen (secondary N) is 1. The zero-order valence-corrected chi connectivity index (χ0v) is 18.7. The average molecular weight is 475 g/mol. The summed E-state index contributed by atoms with van der Waals surface area (Å²) in [7, 11) is 0. The molecule has 8 heteroatoms. The van der Waals surface area contributed by atoms with E-state index in [1.165, 1.54) is 0 Å². The summed E-state index contributed by atoms with van der Waals surface area (Å²) >= 11 is 6.67. The molecular formula is C20H19BrN4OS2. The summed E-state index contributed by atoms with van der Waals surface area (Å²) in [5, 5.41) is 8.00. The summed E-state index contributed by atoms with van der Waals surface area (Å²) < 4.78 is 3.20. The molecule has 3 heterocycles. The van der Waals surface area contributed by atoms with Gasteiger partial charge in [-0.3, -0.25) is 4.79 Å². The Balaban J connectivity index is 1.46. The van der Waals surface area contributed by atoms with Crippen LogP contribution in [-0.4, -0.2) is 20.4 Å². The first kappa shape index (κ1) is 19.3. The molecule has 1 aromatic carbocycles. The number of carbonyl (C=O) groups excluding carboxylic acids is 1. The van der Waals surface area contributed by atoms with E-state index in [0.717, 1.165) is 43.5 Å². The number of fused-ring (bicyclic) bond motifs is 1. The molecular weight excluding hydrogens is 456 g/mol. The van der Waals surface area contributed by atoms with Gasteiger partial charge in [0.1, 0.15) is 10.8 Å². The van der Waals surface area contributed by atoms with Crippen molar-refractivity contribution in [1.29, 1.82) is 0 Å². The van der Waals surface area contributed by atoms with Gasteiger partial charge in [0.15, 0.2) is 0 Å². The number of rotatable bonds is 6. The minimum Gasteiger partial charge on any atom is -0.346 e. The zero-order chi connectivity index (χ0) is 19.7. The van der Waals surface area contributed by atoms with Crippen molar-refractivity contribution in [2.24, 2.45) is 0 Å². The van der Waals surface area contributed by atoms with Crippen molar-refractivity contribution in [3.05, 3.63) is 57.1 Å². The fourth-order valence-corrected chi connectivity index (χ4v) is 5.53. The smallest absolute Gasteiger partial charge is 0.226 e. The van der Waals surface area contributed by atoms with E-state index in [2.05, 4.69) is 43.8 Å². The minimum atomic E-state index is -0.175. The zero-order valence-electron chi connectivity index (χ0n) is 15.5. The van der Waals surface area contributed by atoms with Crippen LogP contribution >= 0.6 is 38.6 Å². The van der Waals surface area contributed by atoms with Crippen LogP contribution in [0.3, 0.4) is 0 Å². The van der Waals surface area contributed by atoms with Crippen molar-refractivity contribution in [2.75, 3.05) is 0 Å². The van der Waals surface area contributed by atoms with Crippen LogP contribution in [-0.2, 0) is 17.8 Å². The number of benzene rings is 1. The maximum atomic E-state index is 12.6. The second kappa shape index (κ2) is 8.14. The monoisotopic (exact) mass is 474 g/mol. The fourth-order valence-electron chi connectivity index (χ4n) is 3.21.